The molecule has 0 aliphatic rings. The second-order valence-electron chi connectivity index (χ2n) is 7.56. The van der Waals surface area contributed by atoms with E-state index in [1.807, 2.05) is 20.8 Å². The number of hydrogen-bond donors (Lipinski definition) is 1. The third-order valence-electron chi connectivity index (χ3n) is 3.20. The fourth-order valence-corrected chi connectivity index (χ4v) is 2.80. The van der Waals surface area contributed by atoms with Gasteiger partial charge in [-0.3, -0.25) is 4.79 Å². The zero-order chi connectivity index (χ0) is 17.0. The van der Waals surface area contributed by atoms with Gasteiger partial charge in [0, 0.05) is 5.54 Å². The quantitative estimate of drug-likeness (QED) is 0.850. The van der Waals surface area contributed by atoms with Gasteiger partial charge in [0.05, 0.1) is 0 Å². The van der Waals surface area contributed by atoms with Crippen LogP contribution in [-0.2, 0) is 4.79 Å². The van der Waals surface area contributed by atoms with E-state index in [1.165, 1.54) is 12.1 Å². The predicted molar refractivity (Wildman–Crippen MR) is 87.4 cm³/mol. The van der Waals surface area contributed by atoms with Crippen molar-refractivity contribution in [2.75, 3.05) is 0 Å². The van der Waals surface area contributed by atoms with Crippen LogP contribution < -0.4 is 10.1 Å². The van der Waals surface area contributed by atoms with Crippen molar-refractivity contribution in [1.29, 1.82) is 0 Å². The standard InChI is InChI=1S/C18H28FNO2/c1-7-14(22-15-11-9-8-10-13(15)19)16(21)20-18(5,6)12-17(2,3)4/h8-11,14H,7,12H2,1-6H3,(H,20,21)/t14-/m0/s1. The zero-order valence-electron chi connectivity index (χ0n) is 14.5. The highest BCUT2D eigenvalue weighted by Gasteiger charge is 2.30. The zero-order valence-corrected chi connectivity index (χ0v) is 14.5. The lowest BCUT2D eigenvalue weighted by molar-refractivity contribution is -0.130. The van der Waals surface area contributed by atoms with Gasteiger partial charge < -0.3 is 10.1 Å². The average molecular weight is 309 g/mol. The van der Waals surface area contributed by atoms with E-state index in [2.05, 4.69) is 26.1 Å². The molecule has 0 spiro atoms. The minimum atomic E-state index is -0.698. The third-order valence-corrected chi connectivity index (χ3v) is 3.20. The highest BCUT2D eigenvalue weighted by molar-refractivity contribution is 5.81. The van der Waals surface area contributed by atoms with Gasteiger partial charge in [0.15, 0.2) is 17.7 Å². The fourth-order valence-electron chi connectivity index (χ4n) is 2.80. The number of hydrogen-bond acceptors (Lipinski definition) is 2. The Labute approximate surface area is 133 Å². The third kappa shape index (κ3) is 6.04. The summed E-state index contributed by atoms with van der Waals surface area (Å²) in [5, 5.41) is 3.02. The number of amides is 1. The van der Waals surface area contributed by atoms with Gasteiger partial charge in [0.1, 0.15) is 0 Å². The molecule has 0 fully saturated rings. The van der Waals surface area contributed by atoms with Crippen molar-refractivity contribution < 1.29 is 13.9 Å². The first kappa shape index (κ1) is 18.5. The van der Waals surface area contributed by atoms with Crippen molar-refractivity contribution in [2.24, 2.45) is 5.41 Å². The van der Waals surface area contributed by atoms with Gasteiger partial charge in [0.25, 0.3) is 5.91 Å². The number of carbonyl (C=O) groups is 1. The van der Waals surface area contributed by atoms with Crippen LogP contribution in [0.25, 0.3) is 0 Å². The number of para-hydroxylation sites is 1. The maximum absolute atomic E-state index is 13.7. The SMILES string of the molecule is CC[C@H](Oc1ccccc1F)C(=O)NC(C)(C)CC(C)(C)C. The second-order valence-corrected chi connectivity index (χ2v) is 7.56. The summed E-state index contributed by atoms with van der Waals surface area (Å²) in [4.78, 5) is 12.4. The molecule has 0 aliphatic carbocycles. The van der Waals surface area contributed by atoms with Crippen LogP contribution >= 0.6 is 0 Å². The number of halogens is 1. The van der Waals surface area contributed by atoms with E-state index >= 15 is 0 Å². The van der Waals surface area contributed by atoms with Crippen LogP contribution in [0, 0.1) is 11.2 Å². The lowest BCUT2D eigenvalue weighted by Crippen LogP contribution is -2.50. The largest absolute Gasteiger partial charge is 0.478 e. The highest BCUT2D eigenvalue weighted by Crippen LogP contribution is 2.27. The summed E-state index contributed by atoms with van der Waals surface area (Å²) in [6.07, 6.45) is 0.615. The molecule has 0 saturated heterocycles. The Morgan fingerprint density at radius 2 is 1.82 bits per heavy atom. The van der Waals surface area contributed by atoms with Crippen molar-refractivity contribution in [3.8, 4) is 5.75 Å². The van der Waals surface area contributed by atoms with Crippen LogP contribution in [0.4, 0.5) is 4.39 Å². The number of carbonyl (C=O) groups excluding carboxylic acids is 1. The number of nitrogens with one attached hydrogen (secondary N) is 1. The Balaban J connectivity index is 2.75. The van der Waals surface area contributed by atoms with Gasteiger partial charge in [-0.25, -0.2) is 4.39 Å². The Morgan fingerprint density at radius 1 is 1.23 bits per heavy atom. The van der Waals surface area contributed by atoms with Crippen LogP contribution in [-0.4, -0.2) is 17.6 Å². The molecule has 124 valence electrons. The van der Waals surface area contributed by atoms with E-state index in [-0.39, 0.29) is 22.6 Å². The molecule has 0 heterocycles. The average Bonchev–Trinajstić information content (AvgIpc) is 2.33. The summed E-state index contributed by atoms with van der Waals surface area (Å²) in [6, 6.07) is 6.14. The molecule has 4 heteroatoms. The Kier molecular flexibility index (Phi) is 5.98. The maximum Gasteiger partial charge on any atom is 0.261 e. The molecule has 0 bridgehead atoms. The van der Waals surface area contributed by atoms with Crippen LogP contribution in [0.15, 0.2) is 24.3 Å². The molecule has 0 radical (unpaired) electrons. The van der Waals surface area contributed by atoms with Gasteiger partial charge in [-0.2, -0.15) is 0 Å². The van der Waals surface area contributed by atoms with Gasteiger partial charge in [0.2, 0.25) is 0 Å². The minimum Gasteiger partial charge on any atom is -0.478 e. The lowest BCUT2D eigenvalue weighted by Gasteiger charge is -2.34. The van der Waals surface area contributed by atoms with Gasteiger partial charge in [-0.15, -0.1) is 0 Å². The summed E-state index contributed by atoms with van der Waals surface area (Å²) < 4.78 is 19.2. The summed E-state index contributed by atoms with van der Waals surface area (Å²) >= 11 is 0. The van der Waals surface area contributed by atoms with Crippen molar-refractivity contribution >= 4 is 5.91 Å². The first-order chi connectivity index (χ1) is 10.0. The van der Waals surface area contributed by atoms with Crippen LogP contribution in [0.5, 0.6) is 5.75 Å². The first-order valence-electron chi connectivity index (χ1n) is 7.77. The Hall–Kier alpha value is -1.58. The molecule has 3 nitrogen and oxygen atoms in total. The van der Waals surface area contributed by atoms with Crippen LogP contribution in [0.1, 0.15) is 54.4 Å². The molecular weight excluding hydrogens is 281 g/mol. The molecule has 1 aromatic rings. The van der Waals surface area contributed by atoms with Crippen molar-refractivity contribution in [3.63, 3.8) is 0 Å². The van der Waals surface area contributed by atoms with Crippen molar-refractivity contribution in [2.45, 2.75) is 66.0 Å². The van der Waals surface area contributed by atoms with E-state index in [1.54, 1.807) is 12.1 Å². The number of benzene rings is 1. The fraction of sp³-hybridized carbons (Fsp3) is 0.611. The Bertz CT molecular complexity index is 506. The highest BCUT2D eigenvalue weighted by atomic mass is 19.1. The first-order valence-corrected chi connectivity index (χ1v) is 7.77. The number of rotatable bonds is 6. The molecule has 0 aliphatic heterocycles. The number of ether oxygens (including phenoxy) is 1. The van der Waals surface area contributed by atoms with E-state index in [9.17, 15) is 9.18 Å². The van der Waals surface area contributed by atoms with Gasteiger partial charge >= 0.3 is 0 Å². The molecule has 0 aromatic heterocycles. The van der Waals surface area contributed by atoms with E-state index in [0.717, 1.165) is 6.42 Å². The van der Waals surface area contributed by atoms with Crippen LogP contribution in [0.3, 0.4) is 0 Å². The lowest BCUT2D eigenvalue weighted by atomic mass is 9.81. The molecule has 1 aromatic carbocycles. The minimum absolute atomic E-state index is 0.102. The maximum atomic E-state index is 13.7. The molecular formula is C18H28FNO2. The summed E-state index contributed by atoms with van der Waals surface area (Å²) in [7, 11) is 0. The van der Waals surface area contributed by atoms with E-state index in [0.29, 0.717) is 6.42 Å². The summed E-state index contributed by atoms with van der Waals surface area (Å²) in [5.74, 6) is -0.555. The topological polar surface area (TPSA) is 38.3 Å². The monoisotopic (exact) mass is 309 g/mol. The molecule has 1 N–H and O–H groups in total. The van der Waals surface area contributed by atoms with Gasteiger partial charge in [-0.1, -0.05) is 39.8 Å². The molecule has 1 amide bonds. The summed E-state index contributed by atoms with van der Waals surface area (Å²) in [6.45, 7) is 12.2. The van der Waals surface area contributed by atoms with E-state index < -0.39 is 11.9 Å². The van der Waals surface area contributed by atoms with Crippen LogP contribution in [0.2, 0.25) is 0 Å². The smallest absolute Gasteiger partial charge is 0.261 e. The normalized spacial score (nSPS) is 13.6. The van der Waals surface area contributed by atoms with Crippen molar-refractivity contribution in [3.05, 3.63) is 30.1 Å². The Morgan fingerprint density at radius 3 is 2.32 bits per heavy atom. The molecule has 1 rings (SSSR count). The van der Waals surface area contributed by atoms with E-state index in [4.69, 9.17) is 4.74 Å². The molecule has 0 saturated carbocycles. The summed E-state index contributed by atoms with van der Waals surface area (Å²) in [5.41, 5.74) is -0.244. The molecule has 1 atom stereocenters. The van der Waals surface area contributed by atoms with Gasteiger partial charge in [-0.05, 0) is 44.2 Å². The second kappa shape index (κ2) is 7.12. The molecule has 22 heavy (non-hydrogen) atoms. The van der Waals surface area contributed by atoms with Crippen molar-refractivity contribution in [1.82, 2.24) is 5.32 Å². The predicted octanol–water partition coefficient (Wildman–Crippen LogP) is 4.31. The molecule has 0 unspecified atom stereocenters.